The topological polar surface area (TPSA) is 58.9 Å². The molecule has 0 saturated heterocycles. The third kappa shape index (κ3) is 2.27. The number of carbonyl (C=O) groups is 1. The summed E-state index contributed by atoms with van der Waals surface area (Å²) in [7, 11) is 0. The summed E-state index contributed by atoms with van der Waals surface area (Å²) in [5.41, 5.74) is 10.6. The molecule has 112 valence electrons. The fourth-order valence-electron chi connectivity index (χ4n) is 3.18. The van der Waals surface area contributed by atoms with Crippen LogP contribution in [0.5, 0.6) is 0 Å². The van der Waals surface area contributed by atoms with Gasteiger partial charge in [0.1, 0.15) is 0 Å². The summed E-state index contributed by atoms with van der Waals surface area (Å²) in [6, 6.07) is 22.1. The van der Waals surface area contributed by atoms with E-state index in [2.05, 4.69) is 17.1 Å². The Bertz CT molecular complexity index is 1020. The number of hydrogen-bond acceptors (Lipinski definition) is 1. The first-order valence-corrected chi connectivity index (χ1v) is 7.60. The van der Waals surface area contributed by atoms with Crippen molar-refractivity contribution in [2.24, 2.45) is 5.73 Å². The highest BCUT2D eigenvalue weighted by molar-refractivity contribution is 6.18. The average molecular weight is 300 g/mol. The number of amides is 1. The van der Waals surface area contributed by atoms with E-state index in [-0.39, 0.29) is 0 Å². The van der Waals surface area contributed by atoms with Gasteiger partial charge in [-0.15, -0.1) is 0 Å². The Balaban J connectivity index is 2.00. The van der Waals surface area contributed by atoms with Crippen LogP contribution < -0.4 is 5.73 Å². The zero-order valence-electron chi connectivity index (χ0n) is 12.5. The lowest BCUT2D eigenvalue weighted by atomic mass is 9.98. The first kappa shape index (κ1) is 13.6. The van der Waals surface area contributed by atoms with Gasteiger partial charge in [-0.1, -0.05) is 54.6 Å². The summed E-state index contributed by atoms with van der Waals surface area (Å²) < 4.78 is 0. The monoisotopic (exact) mass is 300 g/mol. The van der Waals surface area contributed by atoms with Gasteiger partial charge in [0, 0.05) is 21.9 Å². The molecule has 0 aliphatic carbocycles. The van der Waals surface area contributed by atoms with Crippen molar-refractivity contribution in [3.05, 3.63) is 83.4 Å². The Labute approximate surface area is 133 Å². The van der Waals surface area contributed by atoms with Gasteiger partial charge in [0.05, 0.1) is 5.52 Å². The Morgan fingerprint density at radius 1 is 0.913 bits per heavy atom. The fraction of sp³-hybridized carbons (Fsp3) is 0.0500. The van der Waals surface area contributed by atoms with Gasteiger partial charge in [0.15, 0.2) is 0 Å². The Kier molecular flexibility index (Phi) is 3.12. The van der Waals surface area contributed by atoms with Gasteiger partial charge in [0.2, 0.25) is 5.91 Å². The number of primary amides is 1. The summed E-state index contributed by atoms with van der Waals surface area (Å²) in [4.78, 5) is 15.3. The Morgan fingerprint density at radius 3 is 2.43 bits per heavy atom. The van der Waals surface area contributed by atoms with E-state index in [9.17, 15) is 4.79 Å². The number of fused-ring (bicyclic) bond motifs is 3. The molecule has 1 aromatic heterocycles. The summed E-state index contributed by atoms with van der Waals surface area (Å²) in [5.74, 6) is -0.397. The van der Waals surface area contributed by atoms with Crippen molar-refractivity contribution in [1.82, 2.24) is 4.98 Å². The predicted molar refractivity (Wildman–Crippen MR) is 93.6 cm³/mol. The van der Waals surface area contributed by atoms with Crippen molar-refractivity contribution in [1.29, 1.82) is 0 Å². The zero-order chi connectivity index (χ0) is 15.8. The van der Waals surface area contributed by atoms with E-state index < -0.39 is 5.91 Å². The lowest BCUT2D eigenvalue weighted by Gasteiger charge is -2.07. The Hall–Kier alpha value is -3.07. The van der Waals surface area contributed by atoms with E-state index in [1.54, 1.807) is 0 Å². The van der Waals surface area contributed by atoms with Crippen molar-refractivity contribution in [2.75, 3.05) is 0 Å². The van der Waals surface area contributed by atoms with Crippen LogP contribution in [0.2, 0.25) is 0 Å². The molecule has 0 spiro atoms. The maximum absolute atomic E-state index is 11.8. The molecule has 0 atom stereocenters. The molecule has 1 heterocycles. The predicted octanol–water partition coefficient (Wildman–Crippen LogP) is 4.01. The number of carbonyl (C=O) groups excluding carboxylic acids is 1. The van der Waals surface area contributed by atoms with Crippen LogP contribution in [0.25, 0.3) is 21.8 Å². The maximum Gasteiger partial charge on any atom is 0.249 e. The normalized spacial score (nSPS) is 11.1. The smallest absolute Gasteiger partial charge is 0.249 e. The molecular weight excluding hydrogens is 284 g/mol. The van der Waals surface area contributed by atoms with E-state index in [4.69, 9.17) is 5.73 Å². The van der Waals surface area contributed by atoms with E-state index in [1.807, 2.05) is 54.6 Å². The highest BCUT2D eigenvalue weighted by Gasteiger charge is 2.15. The standard InChI is InChI=1S/C20H16N2O/c21-20(23)16-11-10-14(12-13-6-2-1-3-7-13)19-18(16)15-8-4-5-9-17(15)22-19/h1-11,22H,12H2,(H2,21,23). The number of para-hydroxylation sites is 1. The van der Waals surface area contributed by atoms with Gasteiger partial charge in [-0.25, -0.2) is 0 Å². The van der Waals surface area contributed by atoms with E-state index >= 15 is 0 Å². The fourth-order valence-corrected chi connectivity index (χ4v) is 3.18. The zero-order valence-corrected chi connectivity index (χ0v) is 12.5. The largest absolute Gasteiger partial charge is 0.366 e. The molecule has 0 aliphatic heterocycles. The second kappa shape index (κ2) is 5.29. The number of hydrogen-bond donors (Lipinski definition) is 2. The molecule has 1 amide bonds. The number of nitrogens with one attached hydrogen (secondary N) is 1. The van der Waals surface area contributed by atoms with Crippen molar-refractivity contribution >= 4 is 27.7 Å². The van der Waals surface area contributed by atoms with Gasteiger partial charge >= 0.3 is 0 Å². The molecule has 3 heteroatoms. The SMILES string of the molecule is NC(=O)c1ccc(Cc2ccccc2)c2[nH]c3ccccc3c12. The first-order valence-electron chi connectivity index (χ1n) is 7.60. The van der Waals surface area contributed by atoms with Gasteiger partial charge < -0.3 is 10.7 Å². The molecule has 3 aromatic carbocycles. The molecule has 3 nitrogen and oxygen atoms in total. The number of H-pyrrole nitrogens is 1. The van der Waals surface area contributed by atoms with Crippen LogP contribution in [0.3, 0.4) is 0 Å². The molecule has 23 heavy (non-hydrogen) atoms. The molecule has 0 saturated carbocycles. The second-order valence-corrected chi connectivity index (χ2v) is 5.72. The van der Waals surface area contributed by atoms with Crippen molar-refractivity contribution in [3.8, 4) is 0 Å². The molecule has 0 bridgehead atoms. The second-order valence-electron chi connectivity index (χ2n) is 5.72. The first-order chi connectivity index (χ1) is 11.2. The number of rotatable bonds is 3. The Morgan fingerprint density at radius 2 is 1.65 bits per heavy atom. The van der Waals surface area contributed by atoms with Crippen molar-refractivity contribution < 1.29 is 4.79 Å². The summed E-state index contributed by atoms with van der Waals surface area (Å²) in [5, 5.41) is 1.95. The van der Waals surface area contributed by atoms with Gasteiger partial charge in [-0.3, -0.25) is 4.79 Å². The maximum atomic E-state index is 11.8. The molecule has 0 fully saturated rings. The third-order valence-corrected chi connectivity index (χ3v) is 4.25. The molecule has 0 radical (unpaired) electrons. The van der Waals surface area contributed by atoms with Crippen LogP contribution in [0.15, 0.2) is 66.7 Å². The molecular formula is C20H16N2O. The van der Waals surface area contributed by atoms with Crippen LogP contribution in [0.4, 0.5) is 0 Å². The van der Waals surface area contributed by atoms with Crippen LogP contribution in [0.1, 0.15) is 21.5 Å². The van der Waals surface area contributed by atoms with Gasteiger partial charge in [0.25, 0.3) is 0 Å². The van der Waals surface area contributed by atoms with Crippen LogP contribution >= 0.6 is 0 Å². The van der Waals surface area contributed by atoms with Crippen LogP contribution in [-0.2, 0) is 6.42 Å². The third-order valence-electron chi connectivity index (χ3n) is 4.25. The van der Waals surface area contributed by atoms with Gasteiger partial charge in [-0.05, 0) is 29.7 Å². The lowest BCUT2D eigenvalue weighted by molar-refractivity contribution is 0.100. The van der Waals surface area contributed by atoms with E-state index in [0.29, 0.717) is 5.56 Å². The summed E-state index contributed by atoms with van der Waals surface area (Å²) in [6.45, 7) is 0. The molecule has 3 N–H and O–H groups in total. The van der Waals surface area contributed by atoms with Crippen molar-refractivity contribution in [2.45, 2.75) is 6.42 Å². The van der Waals surface area contributed by atoms with Gasteiger partial charge in [-0.2, -0.15) is 0 Å². The number of aromatic amines is 1. The quantitative estimate of drug-likeness (QED) is 0.590. The van der Waals surface area contributed by atoms with E-state index in [1.165, 1.54) is 5.56 Å². The molecule has 4 rings (SSSR count). The lowest BCUT2D eigenvalue weighted by Crippen LogP contribution is -2.11. The summed E-state index contributed by atoms with van der Waals surface area (Å²) >= 11 is 0. The van der Waals surface area contributed by atoms with Crippen molar-refractivity contribution in [3.63, 3.8) is 0 Å². The molecule has 0 aliphatic rings. The highest BCUT2D eigenvalue weighted by atomic mass is 16.1. The minimum atomic E-state index is -0.397. The minimum Gasteiger partial charge on any atom is -0.366 e. The molecule has 0 unspecified atom stereocenters. The molecule has 4 aromatic rings. The average Bonchev–Trinajstić information content (AvgIpc) is 2.96. The summed E-state index contributed by atoms with van der Waals surface area (Å²) in [6.07, 6.45) is 0.809. The van der Waals surface area contributed by atoms with Crippen LogP contribution in [-0.4, -0.2) is 10.9 Å². The number of nitrogens with two attached hydrogens (primary N) is 1. The van der Waals surface area contributed by atoms with Crippen LogP contribution in [0, 0.1) is 0 Å². The number of benzene rings is 3. The highest BCUT2D eigenvalue weighted by Crippen LogP contribution is 2.31. The van der Waals surface area contributed by atoms with E-state index in [0.717, 1.165) is 33.8 Å². The number of aromatic nitrogens is 1. The minimum absolute atomic E-state index is 0.397.